The summed E-state index contributed by atoms with van der Waals surface area (Å²) >= 11 is 5.78. The smallest absolute Gasteiger partial charge is 0.370 e. The van der Waals surface area contributed by atoms with Crippen LogP contribution < -0.4 is 21.5 Å². The number of amidine groups is 1. The lowest BCUT2D eigenvalue weighted by molar-refractivity contribution is -0.138. The molecule has 1 aromatic carbocycles. The summed E-state index contributed by atoms with van der Waals surface area (Å²) < 4.78 is 43.5. The summed E-state index contributed by atoms with van der Waals surface area (Å²) in [6.45, 7) is 6.24. The number of nitrogens with zero attached hydrogens (tertiary/aromatic N) is 5. The number of rotatable bonds is 9. The molecule has 2 heterocycles. The molecule has 0 bridgehead atoms. The Bertz CT molecular complexity index is 1310. The highest BCUT2D eigenvalue weighted by molar-refractivity contribution is 6.17. The van der Waals surface area contributed by atoms with Crippen LogP contribution in [0.3, 0.4) is 0 Å². The molecule has 0 amide bonds. The van der Waals surface area contributed by atoms with E-state index in [9.17, 15) is 18.0 Å². The quantitative estimate of drug-likeness (QED) is 0.0835. The van der Waals surface area contributed by atoms with Gasteiger partial charge in [-0.15, -0.1) is 11.6 Å². The predicted octanol–water partition coefficient (Wildman–Crippen LogP) is 4.99. The summed E-state index contributed by atoms with van der Waals surface area (Å²) in [5, 5.41) is 7.47. The molecule has 0 spiro atoms. The number of aryl methyl sites for hydroxylation is 1. The van der Waals surface area contributed by atoms with Crippen LogP contribution in [0, 0.1) is 0 Å². The van der Waals surface area contributed by atoms with Crippen molar-refractivity contribution in [3.05, 3.63) is 58.3 Å². The molecule has 9 nitrogen and oxygen atoms in total. The lowest BCUT2D eigenvalue weighted by atomic mass is 9.97. The molecule has 0 unspecified atom stereocenters. The third-order valence-corrected chi connectivity index (χ3v) is 6.02. The molecule has 3 rings (SSSR count). The van der Waals surface area contributed by atoms with E-state index in [1.807, 2.05) is 20.8 Å². The van der Waals surface area contributed by atoms with Crippen molar-refractivity contribution in [2.24, 2.45) is 17.9 Å². The van der Waals surface area contributed by atoms with Crippen molar-refractivity contribution in [3.8, 4) is 11.3 Å². The van der Waals surface area contributed by atoms with E-state index < -0.39 is 11.7 Å². The van der Waals surface area contributed by atoms with Crippen molar-refractivity contribution in [2.45, 2.75) is 39.4 Å². The van der Waals surface area contributed by atoms with E-state index in [2.05, 4.69) is 25.8 Å². The molecule has 2 aromatic heterocycles. The molecule has 0 radical (unpaired) electrons. The summed E-state index contributed by atoms with van der Waals surface area (Å²) in [5.41, 5.74) is 3.60. The first-order valence-electron chi connectivity index (χ1n) is 12.2. The number of hydrazine groups is 1. The normalized spacial score (nSPS) is 11.5. The number of carbonyl (C=O) groups is 1. The molecule has 0 fully saturated rings. The first-order valence-corrected chi connectivity index (χ1v) is 12.8. The van der Waals surface area contributed by atoms with Crippen LogP contribution in [0.1, 0.15) is 53.4 Å². The molecular formula is C26H34ClF3N8O. The molecule has 13 heteroatoms. The second-order valence-corrected chi connectivity index (χ2v) is 8.46. The van der Waals surface area contributed by atoms with Crippen LogP contribution in [-0.2, 0) is 25.6 Å². The third-order valence-electron chi connectivity index (χ3n) is 5.71. The zero-order valence-electron chi connectivity index (χ0n) is 22.8. The molecule has 0 saturated carbocycles. The van der Waals surface area contributed by atoms with Gasteiger partial charge >= 0.3 is 6.18 Å². The van der Waals surface area contributed by atoms with E-state index in [4.69, 9.17) is 17.4 Å². The highest BCUT2D eigenvalue weighted by atomic mass is 35.5. The number of carbonyl (C=O) groups excluding carboxylic acids is 1. The number of hydrogen-bond donors (Lipinski definition) is 3. The van der Waals surface area contributed by atoms with Gasteiger partial charge in [0.05, 0.1) is 23.0 Å². The van der Waals surface area contributed by atoms with Crippen molar-refractivity contribution < 1.29 is 18.0 Å². The van der Waals surface area contributed by atoms with Gasteiger partial charge in [-0.25, -0.2) is 10.8 Å². The van der Waals surface area contributed by atoms with E-state index in [0.717, 1.165) is 6.07 Å². The number of aliphatic imine (C=N–C) groups is 1. The minimum Gasteiger partial charge on any atom is -0.370 e. The van der Waals surface area contributed by atoms with E-state index in [-0.39, 0.29) is 29.1 Å². The number of alkyl halides is 4. The second kappa shape index (κ2) is 13.9. The van der Waals surface area contributed by atoms with Gasteiger partial charge in [0.25, 0.3) is 0 Å². The Balaban J connectivity index is 0.00000260. The van der Waals surface area contributed by atoms with E-state index in [1.165, 1.54) is 6.07 Å². The monoisotopic (exact) mass is 566 g/mol. The number of pyridine rings is 1. The Kier molecular flexibility index (Phi) is 11.3. The van der Waals surface area contributed by atoms with Gasteiger partial charge in [0.1, 0.15) is 23.8 Å². The van der Waals surface area contributed by atoms with Crippen LogP contribution in [0.5, 0.6) is 0 Å². The minimum absolute atomic E-state index is 0.0767. The van der Waals surface area contributed by atoms with E-state index in [0.29, 0.717) is 47.1 Å². The fourth-order valence-corrected chi connectivity index (χ4v) is 4.18. The summed E-state index contributed by atoms with van der Waals surface area (Å²) in [5.74, 6) is 6.77. The van der Waals surface area contributed by atoms with Gasteiger partial charge in [0.2, 0.25) is 0 Å². The predicted molar refractivity (Wildman–Crippen MR) is 150 cm³/mol. The molecule has 0 saturated heterocycles. The van der Waals surface area contributed by atoms with Crippen LogP contribution in [0.4, 0.5) is 24.8 Å². The van der Waals surface area contributed by atoms with Crippen molar-refractivity contribution in [3.63, 3.8) is 0 Å². The van der Waals surface area contributed by atoms with Crippen molar-refractivity contribution in [2.75, 3.05) is 30.9 Å². The fraction of sp³-hybridized carbons (Fsp3) is 0.385. The first kappa shape index (κ1) is 31.6. The third kappa shape index (κ3) is 7.27. The molecular weight excluding hydrogens is 533 g/mol. The average molecular weight is 567 g/mol. The Morgan fingerprint density at radius 3 is 2.49 bits per heavy atom. The summed E-state index contributed by atoms with van der Waals surface area (Å²) in [4.78, 5) is 22.0. The van der Waals surface area contributed by atoms with Gasteiger partial charge in [0, 0.05) is 51.2 Å². The van der Waals surface area contributed by atoms with E-state index in [1.54, 1.807) is 49.1 Å². The van der Waals surface area contributed by atoms with Gasteiger partial charge in [-0.3, -0.25) is 14.5 Å². The molecule has 39 heavy (non-hydrogen) atoms. The van der Waals surface area contributed by atoms with Crippen LogP contribution >= 0.6 is 11.6 Å². The minimum atomic E-state index is -4.67. The molecule has 0 aliphatic carbocycles. The number of nitrogens with two attached hydrogens (primary N) is 1. The fourth-order valence-electron chi connectivity index (χ4n) is 4.02. The number of nitrogens with one attached hydrogen (secondary N) is 2. The largest absolute Gasteiger partial charge is 0.416 e. The van der Waals surface area contributed by atoms with Crippen LogP contribution in [0.15, 0.2) is 35.5 Å². The topological polar surface area (TPSA) is 113 Å². The maximum atomic E-state index is 13.9. The average Bonchev–Trinajstić information content (AvgIpc) is 3.30. The van der Waals surface area contributed by atoms with Crippen molar-refractivity contribution in [1.82, 2.24) is 20.2 Å². The maximum absolute atomic E-state index is 13.9. The Labute approximate surface area is 231 Å². The maximum Gasteiger partial charge on any atom is 0.416 e. The van der Waals surface area contributed by atoms with Gasteiger partial charge in [-0.05, 0) is 42.3 Å². The zero-order valence-corrected chi connectivity index (χ0v) is 23.6. The number of benzene rings is 1. The Morgan fingerprint density at radius 2 is 1.95 bits per heavy atom. The second-order valence-electron chi connectivity index (χ2n) is 8.19. The summed E-state index contributed by atoms with van der Waals surface area (Å²) in [7, 11) is 4.94. The number of hydrogen-bond acceptors (Lipinski definition) is 7. The molecule has 4 N–H and O–H groups in total. The standard InChI is InChI=1S/C24H28ClF3N8O.C2H6/c1-5-31-20-8-15(22-17(11-32-36(22)4)23(30-2)34-29)9-21(33-20)35(3)12-18-16(13-37)6-14(10-25)7-19(18)24(26,27)28;1-2/h6-9,11,13H,5,10,12,29H2,1-4H3,(H,30,34)(H,31,33);1-2H3. The van der Waals surface area contributed by atoms with Gasteiger partial charge in [-0.1, -0.05) is 13.8 Å². The SMILES string of the molecule is CC.CCNc1cc(-c2c(C(=NC)NN)cnn2C)cc(N(C)Cc2c(C=O)cc(CCl)cc2C(F)(F)F)n1. The zero-order chi connectivity index (χ0) is 29.3. The van der Waals surface area contributed by atoms with Crippen LogP contribution in [-0.4, -0.2) is 47.5 Å². The summed E-state index contributed by atoms with van der Waals surface area (Å²) in [6, 6.07) is 5.88. The molecule has 3 aromatic rings. The lowest BCUT2D eigenvalue weighted by Crippen LogP contribution is -2.31. The molecule has 212 valence electrons. The Morgan fingerprint density at radius 1 is 1.26 bits per heavy atom. The van der Waals surface area contributed by atoms with Crippen molar-refractivity contribution >= 4 is 35.4 Å². The van der Waals surface area contributed by atoms with Crippen LogP contribution in [0.25, 0.3) is 11.3 Å². The number of aromatic nitrogens is 3. The number of halogens is 4. The van der Waals surface area contributed by atoms with Gasteiger partial charge < -0.3 is 15.6 Å². The number of aldehydes is 1. The summed E-state index contributed by atoms with van der Waals surface area (Å²) in [6.07, 6.45) is -2.65. The van der Waals surface area contributed by atoms with Crippen LogP contribution in [0.2, 0.25) is 0 Å². The van der Waals surface area contributed by atoms with Gasteiger partial charge in [0.15, 0.2) is 0 Å². The molecule has 0 aliphatic heterocycles. The first-order chi connectivity index (χ1) is 18.6. The highest BCUT2D eigenvalue weighted by Crippen LogP contribution is 2.36. The molecule has 0 aliphatic rings. The van der Waals surface area contributed by atoms with Crippen molar-refractivity contribution in [1.29, 1.82) is 0 Å². The lowest BCUT2D eigenvalue weighted by Gasteiger charge is -2.24. The number of anilines is 2. The molecule has 0 atom stereocenters. The van der Waals surface area contributed by atoms with E-state index >= 15 is 0 Å². The van der Waals surface area contributed by atoms with Gasteiger partial charge in [-0.2, -0.15) is 18.3 Å². The Hall–Kier alpha value is -3.64. The highest BCUT2D eigenvalue weighted by Gasteiger charge is 2.35.